The molecule has 0 bridgehead atoms. The lowest BCUT2D eigenvalue weighted by Crippen LogP contribution is -2.24. The van der Waals surface area contributed by atoms with Crippen LogP contribution in [-0.4, -0.2) is 5.60 Å². The summed E-state index contributed by atoms with van der Waals surface area (Å²) < 4.78 is 44.3. The first-order valence-electron chi connectivity index (χ1n) is 4.24. The van der Waals surface area contributed by atoms with Gasteiger partial charge in [0.2, 0.25) is 5.82 Å². The second kappa shape index (κ2) is 4.19. The van der Waals surface area contributed by atoms with Crippen molar-refractivity contribution in [3.05, 3.63) is 27.1 Å². The molecule has 84 valence electrons. The Kier molecular flexibility index (Phi) is 3.52. The van der Waals surface area contributed by atoms with Crippen molar-refractivity contribution < 1.29 is 17.9 Å². The van der Waals surface area contributed by atoms with E-state index in [9.17, 15) is 13.2 Å². The number of hydrogen-bond acceptors (Lipinski definition) is 1. The third kappa shape index (κ3) is 2.99. The van der Waals surface area contributed by atoms with Crippen LogP contribution < -0.4 is 4.74 Å². The van der Waals surface area contributed by atoms with Gasteiger partial charge < -0.3 is 4.74 Å². The number of halogens is 4. The van der Waals surface area contributed by atoms with Gasteiger partial charge in [0, 0.05) is 0 Å². The van der Waals surface area contributed by atoms with E-state index in [4.69, 9.17) is 4.74 Å². The van der Waals surface area contributed by atoms with Gasteiger partial charge in [-0.3, -0.25) is 0 Å². The van der Waals surface area contributed by atoms with Crippen molar-refractivity contribution in [1.29, 1.82) is 0 Å². The van der Waals surface area contributed by atoms with Crippen LogP contribution in [0.5, 0.6) is 5.75 Å². The molecule has 0 amide bonds. The van der Waals surface area contributed by atoms with Crippen molar-refractivity contribution in [2.24, 2.45) is 0 Å². The molecule has 1 rings (SSSR count). The lowest BCUT2D eigenvalue weighted by atomic mass is 10.2. The Morgan fingerprint density at radius 2 is 1.60 bits per heavy atom. The Labute approximate surface area is 99.8 Å². The smallest absolute Gasteiger partial charge is 0.203 e. The molecular weight excluding hydrogens is 320 g/mol. The molecule has 0 saturated heterocycles. The van der Waals surface area contributed by atoms with Crippen LogP contribution in [-0.2, 0) is 0 Å². The standard InChI is InChI=1S/C10H10F3IO/c1-10(2,3)15-6-4-5(14)7(11)9(13)8(6)12/h4H,1-3H3. The van der Waals surface area contributed by atoms with Crippen molar-refractivity contribution in [1.82, 2.24) is 0 Å². The normalized spacial score (nSPS) is 11.7. The van der Waals surface area contributed by atoms with Crippen LogP contribution in [0, 0.1) is 21.0 Å². The Morgan fingerprint density at radius 1 is 1.07 bits per heavy atom. The van der Waals surface area contributed by atoms with E-state index in [1.807, 2.05) is 0 Å². The van der Waals surface area contributed by atoms with Gasteiger partial charge in [-0.15, -0.1) is 0 Å². The molecule has 0 unspecified atom stereocenters. The molecule has 0 heterocycles. The molecule has 0 aliphatic heterocycles. The summed E-state index contributed by atoms with van der Waals surface area (Å²) in [5.41, 5.74) is -0.659. The van der Waals surface area contributed by atoms with Gasteiger partial charge in [0.15, 0.2) is 17.4 Å². The third-order valence-electron chi connectivity index (χ3n) is 1.49. The molecule has 0 aliphatic rings. The molecule has 0 fully saturated rings. The predicted molar refractivity (Wildman–Crippen MR) is 59.4 cm³/mol. The highest BCUT2D eigenvalue weighted by Crippen LogP contribution is 2.28. The van der Waals surface area contributed by atoms with Crippen LogP contribution in [0.4, 0.5) is 13.2 Å². The minimum Gasteiger partial charge on any atom is -0.485 e. The minimum atomic E-state index is -1.50. The molecule has 0 aromatic heterocycles. The molecule has 5 heteroatoms. The molecule has 0 spiro atoms. The minimum absolute atomic E-state index is 0.00856. The van der Waals surface area contributed by atoms with E-state index >= 15 is 0 Å². The van der Waals surface area contributed by atoms with Crippen molar-refractivity contribution in [2.75, 3.05) is 0 Å². The molecule has 15 heavy (non-hydrogen) atoms. The molecule has 1 aromatic carbocycles. The summed E-state index contributed by atoms with van der Waals surface area (Å²) in [5, 5.41) is 0. The lowest BCUT2D eigenvalue weighted by Gasteiger charge is -2.21. The average Bonchev–Trinajstić information content (AvgIpc) is 2.08. The van der Waals surface area contributed by atoms with Gasteiger partial charge in [0.05, 0.1) is 3.57 Å². The molecule has 1 nitrogen and oxygen atoms in total. The maximum atomic E-state index is 13.2. The fourth-order valence-electron chi connectivity index (χ4n) is 0.955. The SMILES string of the molecule is CC(C)(C)Oc1cc(I)c(F)c(F)c1F. The van der Waals surface area contributed by atoms with Gasteiger partial charge in [-0.2, -0.15) is 4.39 Å². The molecule has 1 aromatic rings. The van der Waals surface area contributed by atoms with Crippen LogP contribution in [0.3, 0.4) is 0 Å². The molecule has 0 atom stereocenters. The van der Waals surface area contributed by atoms with Crippen LogP contribution in [0.2, 0.25) is 0 Å². The summed E-state index contributed by atoms with van der Waals surface area (Å²) in [6.45, 7) is 5.09. The monoisotopic (exact) mass is 330 g/mol. The average molecular weight is 330 g/mol. The summed E-state index contributed by atoms with van der Waals surface area (Å²) >= 11 is 1.58. The quantitative estimate of drug-likeness (QED) is 0.431. The fourth-order valence-corrected chi connectivity index (χ4v) is 1.47. The zero-order chi connectivity index (χ0) is 11.8. The van der Waals surface area contributed by atoms with E-state index in [0.717, 1.165) is 6.07 Å². The Balaban J connectivity index is 3.21. The van der Waals surface area contributed by atoms with E-state index in [1.165, 1.54) is 0 Å². The van der Waals surface area contributed by atoms with E-state index in [1.54, 1.807) is 43.4 Å². The lowest BCUT2D eigenvalue weighted by molar-refractivity contribution is 0.122. The van der Waals surface area contributed by atoms with Gasteiger partial charge in [0.1, 0.15) is 5.60 Å². The zero-order valence-electron chi connectivity index (χ0n) is 8.50. The van der Waals surface area contributed by atoms with E-state index in [0.29, 0.717) is 0 Å². The van der Waals surface area contributed by atoms with Crippen LogP contribution in [0.25, 0.3) is 0 Å². The summed E-state index contributed by atoms with van der Waals surface area (Å²) in [4.78, 5) is 0. The topological polar surface area (TPSA) is 9.23 Å². The maximum Gasteiger partial charge on any atom is 0.203 e. The number of benzene rings is 1. The highest BCUT2D eigenvalue weighted by molar-refractivity contribution is 14.1. The van der Waals surface area contributed by atoms with Crippen molar-refractivity contribution >= 4 is 22.6 Å². The Hall–Kier alpha value is -0.460. The van der Waals surface area contributed by atoms with Gasteiger partial charge in [0.25, 0.3) is 0 Å². The molecule has 0 saturated carbocycles. The first-order chi connectivity index (χ1) is 6.72. The number of rotatable bonds is 1. The van der Waals surface area contributed by atoms with Gasteiger partial charge in [-0.1, -0.05) is 0 Å². The van der Waals surface area contributed by atoms with Crippen molar-refractivity contribution in [3.8, 4) is 5.75 Å². The Morgan fingerprint density at radius 3 is 2.07 bits per heavy atom. The van der Waals surface area contributed by atoms with E-state index in [-0.39, 0.29) is 9.32 Å². The molecule has 0 aliphatic carbocycles. The van der Waals surface area contributed by atoms with E-state index in [2.05, 4.69) is 0 Å². The molecular formula is C10H10F3IO. The highest BCUT2D eigenvalue weighted by Gasteiger charge is 2.22. The molecule has 0 radical (unpaired) electrons. The van der Waals surface area contributed by atoms with Crippen LogP contribution >= 0.6 is 22.6 Å². The first kappa shape index (κ1) is 12.6. The third-order valence-corrected chi connectivity index (χ3v) is 2.27. The largest absolute Gasteiger partial charge is 0.485 e. The number of ether oxygens (including phenoxy) is 1. The van der Waals surface area contributed by atoms with Gasteiger partial charge in [-0.25, -0.2) is 8.78 Å². The highest BCUT2D eigenvalue weighted by atomic mass is 127. The summed E-state index contributed by atoms with van der Waals surface area (Å²) in [5.74, 6) is -4.25. The summed E-state index contributed by atoms with van der Waals surface area (Å²) in [6.07, 6.45) is 0. The van der Waals surface area contributed by atoms with Crippen molar-refractivity contribution in [3.63, 3.8) is 0 Å². The van der Waals surface area contributed by atoms with Crippen LogP contribution in [0.15, 0.2) is 6.07 Å². The number of hydrogen-bond donors (Lipinski definition) is 0. The summed E-state index contributed by atoms with van der Waals surface area (Å²) in [6, 6.07) is 1.14. The second-order valence-electron chi connectivity index (χ2n) is 4.01. The maximum absolute atomic E-state index is 13.2. The van der Waals surface area contributed by atoms with Crippen molar-refractivity contribution in [2.45, 2.75) is 26.4 Å². The Bertz CT molecular complexity index is 385. The van der Waals surface area contributed by atoms with Crippen LogP contribution in [0.1, 0.15) is 20.8 Å². The second-order valence-corrected chi connectivity index (χ2v) is 5.18. The van der Waals surface area contributed by atoms with Gasteiger partial charge >= 0.3 is 0 Å². The first-order valence-corrected chi connectivity index (χ1v) is 5.32. The summed E-state index contributed by atoms with van der Waals surface area (Å²) in [7, 11) is 0. The zero-order valence-corrected chi connectivity index (χ0v) is 10.7. The molecule has 0 N–H and O–H groups in total. The predicted octanol–water partition coefficient (Wildman–Crippen LogP) is 3.89. The van der Waals surface area contributed by atoms with Gasteiger partial charge in [-0.05, 0) is 49.4 Å². The van der Waals surface area contributed by atoms with E-state index < -0.39 is 23.1 Å². The fraction of sp³-hybridized carbons (Fsp3) is 0.400.